The van der Waals surface area contributed by atoms with E-state index >= 15 is 0 Å². The smallest absolute Gasteiger partial charge is 0.323 e. The van der Waals surface area contributed by atoms with Crippen molar-refractivity contribution in [2.75, 3.05) is 6.54 Å². The molecule has 1 heterocycles. The normalized spacial score (nSPS) is 11.0. The van der Waals surface area contributed by atoms with Crippen molar-refractivity contribution in [1.82, 2.24) is 19.9 Å². The summed E-state index contributed by atoms with van der Waals surface area (Å²) in [7, 11) is 0. The third-order valence-corrected chi connectivity index (χ3v) is 3.71. The van der Waals surface area contributed by atoms with Gasteiger partial charge in [0.15, 0.2) is 5.69 Å². The standard InChI is InChI=1S/C16H18F2N4O3/c1-9(2)21(8-14(23)24)16(25)15-10(3)22(20-19-15)7-11-4-5-12(17)6-13(11)18/h4-6,9H,7-8H2,1-3H3,(H,23,24). The lowest BCUT2D eigenvalue weighted by molar-refractivity contribution is -0.138. The van der Waals surface area contributed by atoms with Gasteiger partial charge in [0.2, 0.25) is 0 Å². The number of rotatable bonds is 6. The molecule has 25 heavy (non-hydrogen) atoms. The van der Waals surface area contributed by atoms with E-state index in [1.54, 1.807) is 20.8 Å². The number of benzene rings is 1. The first-order chi connectivity index (χ1) is 11.7. The van der Waals surface area contributed by atoms with Crippen molar-refractivity contribution in [2.24, 2.45) is 0 Å². The van der Waals surface area contributed by atoms with Crippen molar-refractivity contribution in [1.29, 1.82) is 0 Å². The molecular weight excluding hydrogens is 334 g/mol. The quantitative estimate of drug-likeness (QED) is 0.857. The summed E-state index contributed by atoms with van der Waals surface area (Å²) in [5, 5.41) is 16.6. The highest BCUT2D eigenvalue weighted by Gasteiger charge is 2.26. The van der Waals surface area contributed by atoms with Crippen LogP contribution in [0.2, 0.25) is 0 Å². The first-order valence-corrected chi connectivity index (χ1v) is 7.57. The first-order valence-electron chi connectivity index (χ1n) is 7.57. The van der Waals surface area contributed by atoms with Crippen LogP contribution in [0.5, 0.6) is 0 Å². The van der Waals surface area contributed by atoms with Crippen LogP contribution < -0.4 is 0 Å². The zero-order chi connectivity index (χ0) is 18.7. The van der Waals surface area contributed by atoms with Gasteiger partial charge in [-0.2, -0.15) is 0 Å². The summed E-state index contributed by atoms with van der Waals surface area (Å²) in [4.78, 5) is 24.6. The highest BCUT2D eigenvalue weighted by Crippen LogP contribution is 2.15. The molecular formula is C16H18F2N4O3. The highest BCUT2D eigenvalue weighted by molar-refractivity contribution is 5.95. The lowest BCUT2D eigenvalue weighted by atomic mass is 10.2. The Morgan fingerprint density at radius 3 is 2.56 bits per heavy atom. The lowest BCUT2D eigenvalue weighted by Gasteiger charge is -2.24. The number of halogens is 2. The summed E-state index contributed by atoms with van der Waals surface area (Å²) >= 11 is 0. The van der Waals surface area contributed by atoms with Gasteiger partial charge in [-0.25, -0.2) is 13.5 Å². The molecule has 1 N–H and O–H groups in total. The van der Waals surface area contributed by atoms with Gasteiger partial charge in [0.25, 0.3) is 5.91 Å². The molecule has 0 fully saturated rings. The second-order valence-corrected chi connectivity index (χ2v) is 5.84. The number of carboxylic acid groups (broad SMARTS) is 1. The number of carbonyl (C=O) groups is 2. The van der Waals surface area contributed by atoms with Gasteiger partial charge < -0.3 is 10.0 Å². The first kappa shape index (κ1) is 18.5. The summed E-state index contributed by atoms with van der Waals surface area (Å²) in [5.74, 6) is -3.12. The Morgan fingerprint density at radius 2 is 2.00 bits per heavy atom. The Kier molecular flexibility index (Phi) is 5.45. The maximum atomic E-state index is 13.8. The molecule has 0 bridgehead atoms. The summed E-state index contributed by atoms with van der Waals surface area (Å²) in [5.41, 5.74) is 0.557. The number of carbonyl (C=O) groups excluding carboxylic acids is 1. The molecule has 2 aromatic rings. The van der Waals surface area contributed by atoms with Crippen LogP contribution in [0.1, 0.15) is 35.6 Å². The third-order valence-electron chi connectivity index (χ3n) is 3.71. The second-order valence-electron chi connectivity index (χ2n) is 5.84. The Balaban J connectivity index is 2.27. The number of nitrogens with zero attached hydrogens (tertiary/aromatic N) is 4. The van der Waals surface area contributed by atoms with Crippen LogP contribution in [0.3, 0.4) is 0 Å². The molecule has 1 amide bonds. The van der Waals surface area contributed by atoms with Crippen molar-refractivity contribution < 1.29 is 23.5 Å². The van der Waals surface area contributed by atoms with Gasteiger partial charge in [0, 0.05) is 17.7 Å². The molecule has 0 saturated heterocycles. The summed E-state index contributed by atoms with van der Waals surface area (Å²) in [6.07, 6.45) is 0. The van der Waals surface area contributed by atoms with Crippen LogP contribution in [0, 0.1) is 18.6 Å². The number of carboxylic acids is 1. The summed E-state index contributed by atoms with van der Waals surface area (Å²) < 4.78 is 28.0. The number of aromatic nitrogens is 3. The molecule has 0 spiro atoms. The molecule has 0 aliphatic heterocycles. The van der Waals surface area contributed by atoms with Gasteiger partial charge >= 0.3 is 5.97 Å². The average molecular weight is 352 g/mol. The molecule has 0 atom stereocenters. The second kappa shape index (κ2) is 7.37. The van der Waals surface area contributed by atoms with Crippen LogP contribution >= 0.6 is 0 Å². The van der Waals surface area contributed by atoms with E-state index in [1.165, 1.54) is 10.7 Å². The van der Waals surface area contributed by atoms with Gasteiger partial charge in [-0.15, -0.1) is 5.10 Å². The summed E-state index contributed by atoms with van der Waals surface area (Å²) in [6.45, 7) is 4.46. The molecule has 1 aromatic heterocycles. The van der Waals surface area contributed by atoms with Crippen molar-refractivity contribution in [3.63, 3.8) is 0 Å². The van der Waals surface area contributed by atoms with Crippen molar-refractivity contribution >= 4 is 11.9 Å². The zero-order valence-corrected chi connectivity index (χ0v) is 14.0. The fourth-order valence-electron chi connectivity index (χ4n) is 2.29. The molecule has 2 rings (SSSR count). The van der Waals surface area contributed by atoms with Crippen LogP contribution in [-0.4, -0.2) is 49.5 Å². The van der Waals surface area contributed by atoms with E-state index in [1.807, 2.05) is 0 Å². The Hall–Kier alpha value is -2.84. The Morgan fingerprint density at radius 1 is 1.32 bits per heavy atom. The van der Waals surface area contributed by atoms with Crippen LogP contribution in [0.4, 0.5) is 8.78 Å². The number of hydrogen-bond acceptors (Lipinski definition) is 4. The zero-order valence-electron chi connectivity index (χ0n) is 14.0. The van der Waals surface area contributed by atoms with Crippen molar-refractivity contribution in [3.8, 4) is 0 Å². The highest BCUT2D eigenvalue weighted by atomic mass is 19.1. The maximum Gasteiger partial charge on any atom is 0.323 e. The van der Waals surface area contributed by atoms with E-state index < -0.39 is 30.1 Å². The number of hydrogen-bond donors (Lipinski definition) is 1. The van der Waals surface area contributed by atoms with E-state index in [2.05, 4.69) is 10.3 Å². The molecule has 7 nitrogen and oxygen atoms in total. The average Bonchev–Trinajstić information content (AvgIpc) is 2.87. The SMILES string of the molecule is Cc1c(C(=O)N(CC(=O)O)C(C)C)nnn1Cc1ccc(F)cc1F. The van der Waals surface area contributed by atoms with Gasteiger partial charge in [-0.3, -0.25) is 9.59 Å². The van der Waals surface area contributed by atoms with Gasteiger partial charge in [-0.1, -0.05) is 11.3 Å². The molecule has 0 unspecified atom stereocenters. The Bertz CT molecular complexity index is 805. The molecule has 134 valence electrons. The summed E-state index contributed by atoms with van der Waals surface area (Å²) in [6, 6.07) is 2.84. The number of amides is 1. The van der Waals surface area contributed by atoms with Crippen molar-refractivity contribution in [2.45, 2.75) is 33.4 Å². The molecule has 9 heteroatoms. The van der Waals surface area contributed by atoms with E-state index in [0.29, 0.717) is 5.69 Å². The predicted octanol–water partition coefficient (Wildman–Crippen LogP) is 1.85. The largest absolute Gasteiger partial charge is 0.480 e. The van der Waals surface area contributed by atoms with E-state index in [4.69, 9.17) is 5.11 Å². The lowest BCUT2D eigenvalue weighted by Crippen LogP contribution is -2.41. The number of aliphatic carboxylic acids is 1. The van der Waals surface area contributed by atoms with E-state index in [-0.39, 0.29) is 23.8 Å². The molecule has 0 aliphatic carbocycles. The van der Waals surface area contributed by atoms with E-state index in [0.717, 1.165) is 17.0 Å². The van der Waals surface area contributed by atoms with Crippen LogP contribution in [-0.2, 0) is 11.3 Å². The maximum absolute atomic E-state index is 13.8. The molecule has 0 radical (unpaired) electrons. The van der Waals surface area contributed by atoms with Crippen LogP contribution in [0.15, 0.2) is 18.2 Å². The van der Waals surface area contributed by atoms with Gasteiger partial charge in [0.05, 0.1) is 12.2 Å². The van der Waals surface area contributed by atoms with Gasteiger partial charge in [-0.05, 0) is 26.8 Å². The van der Waals surface area contributed by atoms with Crippen LogP contribution in [0.25, 0.3) is 0 Å². The molecule has 0 saturated carbocycles. The van der Waals surface area contributed by atoms with E-state index in [9.17, 15) is 18.4 Å². The fourth-order valence-corrected chi connectivity index (χ4v) is 2.29. The minimum Gasteiger partial charge on any atom is -0.480 e. The fraction of sp³-hybridized carbons (Fsp3) is 0.375. The van der Waals surface area contributed by atoms with Gasteiger partial charge in [0.1, 0.15) is 18.2 Å². The third kappa shape index (κ3) is 4.17. The minimum absolute atomic E-state index is 0.00234. The molecule has 0 aliphatic rings. The minimum atomic E-state index is -1.14. The predicted molar refractivity (Wildman–Crippen MR) is 84.0 cm³/mol. The van der Waals surface area contributed by atoms with Crippen molar-refractivity contribution in [3.05, 3.63) is 46.8 Å². The monoisotopic (exact) mass is 352 g/mol. The topological polar surface area (TPSA) is 88.3 Å². The Labute approximate surface area is 142 Å². The molecule has 1 aromatic carbocycles.